The van der Waals surface area contributed by atoms with E-state index in [1.54, 1.807) is 0 Å². The van der Waals surface area contributed by atoms with Gasteiger partial charge in [-0.1, -0.05) is 59.8 Å². The van der Waals surface area contributed by atoms with Crippen LogP contribution in [-0.4, -0.2) is 62.8 Å². The standard InChI is InChI=1S/C38H73N3O3/c1-5-6-7-8-9-10-21-41-22-11-14-28(2)31-15-16-32-36-33(27-35(42)38(31,32)4)37(3)18-17-30(43-23-12-19-39)25-29(37)26-34(36)44-24-13-20-40/h28-36,41-42H,5-27,39-40H2,1-4H3/t28-,29?,30-,31?,32+,33+,34-,35+,36?,37+,38-/m1/s1. The van der Waals surface area contributed by atoms with Gasteiger partial charge in [0.05, 0.1) is 18.3 Å². The van der Waals surface area contributed by atoms with Crippen LogP contribution in [-0.2, 0) is 9.47 Å². The average Bonchev–Trinajstić information content (AvgIpc) is 3.37. The van der Waals surface area contributed by atoms with Crippen molar-refractivity contribution in [3.8, 4) is 0 Å². The zero-order valence-electron chi connectivity index (χ0n) is 29.4. The number of aliphatic hydroxyl groups excluding tert-OH is 1. The quantitative estimate of drug-likeness (QED) is 0.109. The zero-order valence-corrected chi connectivity index (χ0v) is 29.4. The first-order valence-electron chi connectivity index (χ1n) is 19.3. The molecule has 4 fully saturated rings. The lowest BCUT2D eigenvalue weighted by molar-refractivity contribution is -0.218. The molecular formula is C38H73N3O3. The highest BCUT2D eigenvalue weighted by Gasteiger charge is 2.66. The first-order valence-corrected chi connectivity index (χ1v) is 19.3. The van der Waals surface area contributed by atoms with Crippen LogP contribution in [0, 0.1) is 46.3 Å². The Morgan fingerprint density at radius 3 is 2.27 bits per heavy atom. The lowest BCUT2D eigenvalue weighted by Crippen LogP contribution is -2.62. The fraction of sp³-hybridized carbons (Fsp3) is 1.00. The van der Waals surface area contributed by atoms with E-state index in [1.807, 2.05) is 0 Å². The van der Waals surface area contributed by atoms with E-state index in [2.05, 4.69) is 33.0 Å². The van der Waals surface area contributed by atoms with Crippen LogP contribution in [0.15, 0.2) is 0 Å². The van der Waals surface area contributed by atoms with Crippen LogP contribution in [0.5, 0.6) is 0 Å². The number of nitrogens with two attached hydrogens (primary N) is 2. The fourth-order valence-corrected chi connectivity index (χ4v) is 11.0. The molecule has 0 saturated heterocycles. The maximum Gasteiger partial charge on any atom is 0.0611 e. The Labute approximate surface area is 271 Å². The third-order valence-electron chi connectivity index (χ3n) is 13.6. The van der Waals surface area contributed by atoms with E-state index < -0.39 is 0 Å². The van der Waals surface area contributed by atoms with Crippen molar-refractivity contribution < 1.29 is 14.6 Å². The molecule has 0 radical (unpaired) electrons. The summed E-state index contributed by atoms with van der Waals surface area (Å²) in [6.07, 6.45) is 21.1. The predicted octanol–water partition coefficient (Wildman–Crippen LogP) is 7.06. The van der Waals surface area contributed by atoms with Gasteiger partial charge in [-0.2, -0.15) is 0 Å². The number of fused-ring (bicyclic) bond motifs is 5. The van der Waals surface area contributed by atoms with Gasteiger partial charge < -0.3 is 31.4 Å². The lowest BCUT2D eigenvalue weighted by atomic mass is 9.43. The second-order valence-electron chi connectivity index (χ2n) is 16.1. The van der Waals surface area contributed by atoms with E-state index in [9.17, 15) is 5.11 Å². The summed E-state index contributed by atoms with van der Waals surface area (Å²) in [6.45, 7) is 15.1. The molecule has 4 rings (SSSR count). The molecule has 6 N–H and O–H groups in total. The van der Waals surface area contributed by atoms with Crippen molar-refractivity contribution in [1.29, 1.82) is 0 Å². The van der Waals surface area contributed by atoms with Gasteiger partial charge >= 0.3 is 0 Å². The summed E-state index contributed by atoms with van der Waals surface area (Å²) in [7, 11) is 0. The second-order valence-corrected chi connectivity index (χ2v) is 16.1. The number of aliphatic hydroxyl groups is 1. The largest absolute Gasteiger partial charge is 0.393 e. The van der Waals surface area contributed by atoms with E-state index in [4.69, 9.17) is 20.9 Å². The van der Waals surface area contributed by atoms with Gasteiger partial charge in [0, 0.05) is 13.2 Å². The van der Waals surface area contributed by atoms with E-state index in [-0.39, 0.29) is 23.0 Å². The molecule has 0 aromatic carbocycles. The van der Waals surface area contributed by atoms with Crippen LogP contribution >= 0.6 is 0 Å². The third-order valence-corrected chi connectivity index (χ3v) is 13.6. The molecule has 3 unspecified atom stereocenters. The normalized spacial score (nSPS) is 39.1. The molecule has 0 aromatic rings. The third kappa shape index (κ3) is 8.42. The van der Waals surface area contributed by atoms with Gasteiger partial charge in [-0.15, -0.1) is 0 Å². The fourth-order valence-electron chi connectivity index (χ4n) is 11.0. The highest BCUT2D eigenvalue weighted by Crippen LogP contribution is 2.68. The smallest absolute Gasteiger partial charge is 0.0611 e. The van der Waals surface area contributed by atoms with Crippen molar-refractivity contribution >= 4 is 0 Å². The lowest BCUT2D eigenvalue weighted by Gasteiger charge is -2.64. The minimum Gasteiger partial charge on any atom is -0.393 e. The first kappa shape index (κ1) is 36.6. The van der Waals surface area contributed by atoms with Crippen LogP contribution in [0.2, 0.25) is 0 Å². The van der Waals surface area contributed by atoms with Crippen molar-refractivity contribution in [2.75, 3.05) is 39.4 Å². The van der Waals surface area contributed by atoms with Crippen LogP contribution in [0.1, 0.15) is 137 Å². The summed E-state index contributed by atoms with van der Waals surface area (Å²) in [5.41, 5.74) is 11.9. The Balaban J connectivity index is 1.38. The molecule has 258 valence electrons. The maximum absolute atomic E-state index is 12.1. The summed E-state index contributed by atoms with van der Waals surface area (Å²) in [5, 5.41) is 15.9. The minimum atomic E-state index is -0.215. The van der Waals surface area contributed by atoms with Gasteiger partial charge in [-0.3, -0.25) is 0 Å². The highest BCUT2D eigenvalue weighted by molar-refractivity contribution is 5.14. The molecule has 6 nitrogen and oxygen atoms in total. The van der Waals surface area contributed by atoms with Crippen molar-refractivity contribution in [1.82, 2.24) is 5.32 Å². The summed E-state index contributed by atoms with van der Waals surface area (Å²) >= 11 is 0. The molecule has 0 bridgehead atoms. The van der Waals surface area contributed by atoms with Crippen molar-refractivity contribution in [3.63, 3.8) is 0 Å². The summed E-state index contributed by atoms with van der Waals surface area (Å²) < 4.78 is 13.1. The second kappa shape index (κ2) is 17.8. The number of unbranched alkanes of at least 4 members (excludes halogenated alkanes) is 5. The van der Waals surface area contributed by atoms with Crippen LogP contribution in [0.3, 0.4) is 0 Å². The van der Waals surface area contributed by atoms with Gasteiger partial charge in [-0.25, -0.2) is 0 Å². The molecule has 0 aliphatic heterocycles. The van der Waals surface area contributed by atoms with Crippen LogP contribution in [0.25, 0.3) is 0 Å². The van der Waals surface area contributed by atoms with Gasteiger partial charge in [0.15, 0.2) is 0 Å². The Morgan fingerprint density at radius 1 is 0.818 bits per heavy atom. The summed E-state index contributed by atoms with van der Waals surface area (Å²) in [4.78, 5) is 0. The molecule has 4 aliphatic carbocycles. The maximum atomic E-state index is 12.1. The monoisotopic (exact) mass is 620 g/mol. The molecule has 0 heterocycles. The SMILES string of the molecule is CCCCCCCCNCCC[C@@H](C)C1CC[C@H]2C3[C@H](OCCCN)CC4C[C@H](OCCCN)CC[C@]4(C)[C@H]3C[C@H](O)[C@]12C. The molecule has 44 heavy (non-hydrogen) atoms. The van der Waals surface area contributed by atoms with Gasteiger partial charge in [0.25, 0.3) is 0 Å². The summed E-state index contributed by atoms with van der Waals surface area (Å²) in [5.74, 6) is 3.48. The van der Waals surface area contributed by atoms with E-state index in [1.165, 1.54) is 70.6 Å². The van der Waals surface area contributed by atoms with E-state index in [0.717, 1.165) is 64.8 Å². The predicted molar refractivity (Wildman–Crippen MR) is 183 cm³/mol. The van der Waals surface area contributed by atoms with Gasteiger partial charge in [0.1, 0.15) is 0 Å². The zero-order chi connectivity index (χ0) is 31.6. The van der Waals surface area contributed by atoms with Crippen molar-refractivity contribution in [2.45, 2.75) is 155 Å². The molecule has 6 heteroatoms. The number of hydrogen-bond donors (Lipinski definition) is 4. The Kier molecular flexibility index (Phi) is 14.8. The molecular weight excluding hydrogens is 546 g/mol. The minimum absolute atomic E-state index is 0.00624. The molecule has 0 amide bonds. The van der Waals surface area contributed by atoms with Crippen LogP contribution in [0.4, 0.5) is 0 Å². The van der Waals surface area contributed by atoms with E-state index >= 15 is 0 Å². The molecule has 4 aliphatic rings. The molecule has 4 saturated carbocycles. The molecule has 0 spiro atoms. The Hall–Kier alpha value is -0.240. The van der Waals surface area contributed by atoms with Crippen LogP contribution < -0.4 is 16.8 Å². The first-order chi connectivity index (χ1) is 21.3. The Bertz CT molecular complexity index is 814. The summed E-state index contributed by atoms with van der Waals surface area (Å²) in [6, 6.07) is 0. The van der Waals surface area contributed by atoms with Crippen molar-refractivity contribution in [3.05, 3.63) is 0 Å². The number of nitrogens with one attached hydrogen (secondary N) is 1. The highest BCUT2D eigenvalue weighted by atomic mass is 16.5. The number of rotatable bonds is 20. The Morgan fingerprint density at radius 2 is 1.52 bits per heavy atom. The number of hydrogen-bond acceptors (Lipinski definition) is 6. The number of ether oxygens (including phenoxy) is 2. The average molecular weight is 620 g/mol. The van der Waals surface area contributed by atoms with Crippen molar-refractivity contribution in [2.24, 2.45) is 57.8 Å². The van der Waals surface area contributed by atoms with Gasteiger partial charge in [0.2, 0.25) is 0 Å². The van der Waals surface area contributed by atoms with Gasteiger partial charge in [-0.05, 0) is 150 Å². The van der Waals surface area contributed by atoms with E-state index in [0.29, 0.717) is 54.7 Å². The topological polar surface area (TPSA) is 103 Å². The molecule has 11 atom stereocenters. The molecule has 0 aromatic heterocycles.